The summed E-state index contributed by atoms with van der Waals surface area (Å²) in [7, 11) is 0. The number of carbonyl (C=O) groups is 2. The van der Waals surface area contributed by atoms with E-state index in [1.165, 1.54) is 11.6 Å². The van der Waals surface area contributed by atoms with Crippen LogP contribution in [0.4, 0.5) is 13.2 Å². The summed E-state index contributed by atoms with van der Waals surface area (Å²) in [5.74, 6) is -0.0412. The average Bonchev–Trinajstić information content (AvgIpc) is 3.54. The third-order valence-electron chi connectivity index (χ3n) is 8.67. The molecule has 1 aliphatic heterocycles. The number of hydrogen-bond donors (Lipinski definition) is 1. The number of benzene rings is 1. The molecule has 11 heteroatoms. The number of nitrogens with zero attached hydrogens (tertiary/aromatic N) is 4. The Balaban J connectivity index is 1.15. The molecular weight excluding hydrogens is 561 g/mol. The first kappa shape index (κ1) is 28.9. The first-order valence-electron chi connectivity index (χ1n) is 14.7. The molecular formula is C32H33F3N4O4. The van der Waals surface area contributed by atoms with Crippen LogP contribution in [0.1, 0.15) is 83.7 Å². The second-order valence-electron chi connectivity index (χ2n) is 11.6. The molecule has 2 aliphatic carbocycles. The van der Waals surface area contributed by atoms with Crippen LogP contribution in [0.2, 0.25) is 0 Å². The number of carboxylic acid groups (broad SMARTS) is 1. The van der Waals surface area contributed by atoms with Crippen molar-refractivity contribution in [3.05, 3.63) is 76.2 Å². The van der Waals surface area contributed by atoms with Gasteiger partial charge in [-0.15, -0.1) is 0 Å². The van der Waals surface area contributed by atoms with Gasteiger partial charge in [0.25, 0.3) is 0 Å². The summed E-state index contributed by atoms with van der Waals surface area (Å²) < 4.78 is 48.0. The van der Waals surface area contributed by atoms with Gasteiger partial charge in [0.15, 0.2) is 11.5 Å². The van der Waals surface area contributed by atoms with E-state index in [2.05, 4.69) is 22.2 Å². The first-order valence-corrected chi connectivity index (χ1v) is 14.7. The van der Waals surface area contributed by atoms with Gasteiger partial charge in [-0.25, -0.2) is 14.5 Å². The number of halogens is 3. The molecule has 3 aromatic rings. The van der Waals surface area contributed by atoms with E-state index in [0.29, 0.717) is 41.4 Å². The van der Waals surface area contributed by atoms with Crippen LogP contribution in [-0.4, -0.2) is 56.3 Å². The number of piperidine rings is 1. The Morgan fingerprint density at radius 2 is 1.84 bits per heavy atom. The molecule has 0 bridgehead atoms. The van der Waals surface area contributed by atoms with Crippen molar-refractivity contribution >= 4 is 17.4 Å². The van der Waals surface area contributed by atoms with Crippen molar-refractivity contribution in [3.8, 4) is 11.6 Å². The minimum atomic E-state index is -4.92. The Labute approximate surface area is 247 Å². The summed E-state index contributed by atoms with van der Waals surface area (Å²) in [6.45, 7) is 3.97. The van der Waals surface area contributed by atoms with E-state index in [0.717, 1.165) is 74.1 Å². The smallest absolute Gasteiger partial charge is 0.434 e. The molecule has 1 amide bonds. The molecule has 1 saturated heterocycles. The van der Waals surface area contributed by atoms with E-state index >= 15 is 0 Å². The van der Waals surface area contributed by atoms with Crippen LogP contribution in [0.15, 0.2) is 48.2 Å². The van der Waals surface area contributed by atoms with E-state index in [1.54, 1.807) is 12.1 Å². The maximum atomic E-state index is 13.8. The molecule has 2 fully saturated rings. The van der Waals surface area contributed by atoms with Crippen LogP contribution in [0, 0.1) is 12.8 Å². The Bertz CT molecular complexity index is 1580. The van der Waals surface area contributed by atoms with Crippen molar-refractivity contribution in [1.29, 1.82) is 0 Å². The molecule has 0 spiro atoms. The van der Waals surface area contributed by atoms with Crippen molar-refractivity contribution in [2.75, 3.05) is 19.7 Å². The number of aromatic carboxylic acids is 1. The highest BCUT2D eigenvalue weighted by Crippen LogP contribution is 2.38. The number of pyridine rings is 1. The fraction of sp³-hybridized carbons (Fsp3) is 0.438. The van der Waals surface area contributed by atoms with Gasteiger partial charge >= 0.3 is 12.1 Å². The highest BCUT2D eigenvalue weighted by molar-refractivity contribution is 5.89. The topological polar surface area (TPSA) is 97.6 Å². The molecule has 1 aromatic carbocycles. The molecule has 3 heterocycles. The summed E-state index contributed by atoms with van der Waals surface area (Å²) >= 11 is 0. The molecule has 2 aromatic heterocycles. The summed E-state index contributed by atoms with van der Waals surface area (Å²) in [6, 6.07) is 11.0. The van der Waals surface area contributed by atoms with Crippen LogP contribution in [0.3, 0.4) is 0 Å². The molecule has 8 nitrogen and oxygen atoms in total. The fourth-order valence-electron chi connectivity index (χ4n) is 6.21. The van der Waals surface area contributed by atoms with Crippen molar-refractivity contribution < 1.29 is 32.6 Å². The van der Waals surface area contributed by atoms with E-state index in [1.807, 2.05) is 17.9 Å². The van der Waals surface area contributed by atoms with Gasteiger partial charge in [-0.3, -0.25) is 4.79 Å². The number of carbonyl (C=O) groups excluding carboxylic acids is 1. The Hall–Kier alpha value is -4.15. The molecule has 0 atom stereocenters. The molecule has 1 saturated carbocycles. The van der Waals surface area contributed by atoms with Gasteiger partial charge in [0, 0.05) is 19.0 Å². The molecule has 1 N–H and O–H groups in total. The zero-order valence-electron chi connectivity index (χ0n) is 23.9. The summed E-state index contributed by atoms with van der Waals surface area (Å²) in [4.78, 5) is 30.3. The van der Waals surface area contributed by atoms with Crippen LogP contribution >= 0.6 is 0 Å². The fourth-order valence-corrected chi connectivity index (χ4v) is 6.21. The molecule has 226 valence electrons. The maximum Gasteiger partial charge on any atom is 0.434 e. The Morgan fingerprint density at radius 3 is 2.51 bits per heavy atom. The van der Waals surface area contributed by atoms with Gasteiger partial charge in [0.05, 0.1) is 11.9 Å². The number of hydrogen-bond acceptors (Lipinski definition) is 5. The highest BCUT2D eigenvalue weighted by Gasteiger charge is 2.41. The standard InChI is InChI=1S/C32H33F3N4O4/c1-19-16-22(20-12-14-38(15-13-20)30(40)21-8-9-21)10-11-27(19)43-18-23-4-2-5-24(23)26-6-3-7-28(37-26)39-29(32(33,34)35)25(17-36-39)31(41)42/h3,6-7,10-11,16-17,20-21H,2,4-5,8-9,12-15,18H2,1H3,(H,41,42). The quantitative estimate of drug-likeness (QED) is 0.323. The van der Waals surface area contributed by atoms with Crippen LogP contribution in [0.5, 0.6) is 5.75 Å². The van der Waals surface area contributed by atoms with Gasteiger partial charge in [0.2, 0.25) is 5.91 Å². The number of rotatable bonds is 8. The van der Waals surface area contributed by atoms with Crippen molar-refractivity contribution in [3.63, 3.8) is 0 Å². The maximum absolute atomic E-state index is 13.8. The Kier molecular flexibility index (Phi) is 7.74. The number of ether oxygens (including phenoxy) is 1. The average molecular weight is 595 g/mol. The predicted octanol–water partition coefficient (Wildman–Crippen LogP) is 6.43. The van der Waals surface area contributed by atoms with Crippen LogP contribution in [-0.2, 0) is 11.0 Å². The summed E-state index contributed by atoms with van der Waals surface area (Å²) in [5.41, 5.74) is 2.46. The number of amides is 1. The minimum absolute atomic E-state index is 0.105. The molecule has 0 unspecified atom stereocenters. The number of aryl methyl sites for hydroxylation is 1. The molecule has 3 aliphatic rings. The summed E-state index contributed by atoms with van der Waals surface area (Å²) in [6.07, 6.45) is 2.12. The molecule has 6 rings (SSSR count). The van der Waals surface area contributed by atoms with E-state index in [9.17, 15) is 27.9 Å². The zero-order valence-corrected chi connectivity index (χ0v) is 23.9. The van der Waals surface area contributed by atoms with Crippen LogP contribution in [0.25, 0.3) is 11.4 Å². The lowest BCUT2D eigenvalue weighted by Gasteiger charge is -2.32. The van der Waals surface area contributed by atoms with Gasteiger partial charge < -0.3 is 14.7 Å². The normalized spacial score (nSPS) is 17.9. The SMILES string of the molecule is Cc1cc(C2CCN(C(=O)C3CC3)CC2)ccc1OCC1=C(c2cccc(-n3ncc(C(=O)O)c3C(F)(F)F)n2)CCC1. The van der Waals surface area contributed by atoms with Gasteiger partial charge in [-0.1, -0.05) is 18.2 Å². The van der Waals surface area contributed by atoms with Gasteiger partial charge in [-0.05, 0) is 98.3 Å². The lowest BCUT2D eigenvalue weighted by molar-refractivity contribution is -0.143. The number of carboxylic acids is 1. The first-order chi connectivity index (χ1) is 20.6. The predicted molar refractivity (Wildman–Crippen MR) is 152 cm³/mol. The third kappa shape index (κ3) is 6.03. The number of allylic oxidation sites excluding steroid dienone is 1. The molecule has 43 heavy (non-hydrogen) atoms. The van der Waals surface area contributed by atoms with Crippen molar-refractivity contribution in [2.45, 2.75) is 64.0 Å². The van der Waals surface area contributed by atoms with E-state index in [-0.39, 0.29) is 11.7 Å². The molecule has 0 radical (unpaired) electrons. The van der Waals surface area contributed by atoms with Crippen molar-refractivity contribution in [1.82, 2.24) is 19.7 Å². The second-order valence-corrected chi connectivity index (χ2v) is 11.6. The lowest BCUT2D eigenvalue weighted by atomic mass is 9.88. The third-order valence-corrected chi connectivity index (χ3v) is 8.67. The number of aromatic nitrogens is 3. The Morgan fingerprint density at radius 1 is 1.07 bits per heavy atom. The lowest BCUT2D eigenvalue weighted by Crippen LogP contribution is -2.38. The van der Waals surface area contributed by atoms with Gasteiger partial charge in [0.1, 0.15) is 17.9 Å². The number of likely N-dealkylation sites (tertiary alicyclic amines) is 1. The highest BCUT2D eigenvalue weighted by atomic mass is 19.4. The number of alkyl halides is 3. The van der Waals surface area contributed by atoms with Crippen molar-refractivity contribution in [2.24, 2.45) is 5.92 Å². The van der Waals surface area contributed by atoms with Gasteiger partial charge in [-0.2, -0.15) is 18.3 Å². The zero-order chi connectivity index (χ0) is 30.3. The van der Waals surface area contributed by atoms with E-state index < -0.39 is 23.4 Å². The largest absolute Gasteiger partial charge is 0.489 e. The monoisotopic (exact) mass is 594 g/mol. The van der Waals surface area contributed by atoms with Crippen LogP contribution < -0.4 is 4.74 Å². The summed E-state index contributed by atoms with van der Waals surface area (Å²) in [5, 5.41) is 12.9. The minimum Gasteiger partial charge on any atom is -0.489 e. The van der Waals surface area contributed by atoms with E-state index in [4.69, 9.17) is 4.74 Å². The second kappa shape index (κ2) is 11.5.